The highest BCUT2D eigenvalue weighted by atomic mass is 19.3. The summed E-state index contributed by atoms with van der Waals surface area (Å²) in [6.07, 6.45) is -2.13. The maximum absolute atomic E-state index is 13.7. The summed E-state index contributed by atoms with van der Waals surface area (Å²) in [4.78, 5) is 24.6. The summed E-state index contributed by atoms with van der Waals surface area (Å²) in [6.45, 7) is 3.71. The molecule has 1 heterocycles. The number of hydrogen-bond acceptors (Lipinski definition) is 5. The second-order valence-corrected chi connectivity index (χ2v) is 7.40. The van der Waals surface area contributed by atoms with E-state index in [4.69, 9.17) is 4.74 Å². The predicted molar refractivity (Wildman–Crippen MR) is 118 cm³/mol. The van der Waals surface area contributed by atoms with E-state index in [-0.39, 0.29) is 11.4 Å². The molecule has 1 atom stereocenters. The van der Waals surface area contributed by atoms with Gasteiger partial charge in [-0.2, -0.15) is 5.10 Å². The number of hydrogen-bond donors (Lipinski definition) is 1. The van der Waals surface area contributed by atoms with Crippen molar-refractivity contribution in [1.29, 1.82) is 0 Å². The number of amides is 1. The van der Waals surface area contributed by atoms with E-state index >= 15 is 0 Å². The maximum atomic E-state index is 13.7. The summed E-state index contributed by atoms with van der Waals surface area (Å²) < 4.78 is 38.9. The van der Waals surface area contributed by atoms with Crippen LogP contribution in [0.2, 0.25) is 0 Å². The van der Waals surface area contributed by atoms with Crippen molar-refractivity contribution in [2.24, 2.45) is 7.05 Å². The van der Waals surface area contributed by atoms with Crippen LogP contribution in [-0.4, -0.2) is 28.8 Å². The second-order valence-electron chi connectivity index (χ2n) is 7.40. The fraction of sp³-hybridized carbons (Fsp3) is 0.292. The van der Waals surface area contributed by atoms with Crippen LogP contribution in [0.15, 0.2) is 48.5 Å². The van der Waals surface area contributed by atoms with Crippen LogP contribution in [0, 0.1) is 0 Å². The van der Waals surface area contributed by atoms with Gasteiger partial charge in [-0.3, -0.25) is 4.79 Å². The Morgan fingerprint density at radius 2 is 1.73 bits per heavy atom. The van der Waals surface area contributed by atoms with Crippen LogP contribution in [0.3, 0.4) is 0 Å². The number of carbonyl (C=O) groups is 2. The minimum atomic E-state index is -2.97. The maximum Gasteiger partial charge on any atom is 0.337 e. The van der Waals surface area contributed by atoms with E-state index in [9.17, 15) is 18.4 Å². The molecule has 0 aliphatic carbocycles. The molecule has 3 aromatic rings. The van der Waals surface area contributed by atoms with Crippen LogP contribution in [-0.2, 0) is 18.2 Å². The minimum Gasteiger partial charge on any atom is -0.465 e. The van der Waals surface area contributed by atoms with Gasteiger partial charge in [0.25, 0.3) is 12.3 Å². The average Bonchev–Trinajstić information content (AvgIpc) is 3.15. The molecule has 174 valence electrons. The first kappa shape index (κ1) is 23.9. The molecule has 2 aromatic carbocycles. The van der Waals surface area contributed by atoms with Crippen molar-refractivity contribution < 1.29 is 27.8 Å². The third-order valence-electron chi connectivity index (χ3n) is 5.18. The standard InChI is InChI=1S/C24H25F2N3O4/c1-5-15-6-12-18(13-7-15)33-23-19(20(21(25)26)28-29(23)3)22(30)27-14(2)16-8-10-17(11-9-16)24(31)32-4/h6-14,21H,5H2,1-4H3,(H,27,30)/t14-/m0/s1. The lowest BCUT2D eigenvalue weighted by Gasteiger charge is -2.16. The number of aryl methyl sites for hydroxylation is 2. The van der Waals surface area contributed by atoms with Crippen molar-refractivity contribution in [2.75, 3.05) is 7.11 Å². The number of aromatic nitrogens is 2. The molecule has 1 amide bonds. The molecule has 0 saturated carbocycles. The monoisotopic (exact) mass is 457 g/mol. The van der Waals surface area contributed by atoms with E-state index in [1.54, 1.807) is 43.3 Å². The molecule has 0 aliphatic rings. The molecule has 1 aromatic heterocycles. The third-order valence-corrected chi connectivity index (χ3v) is 5.18. The molecule has 7 nitrogen and oxygen atoms in total. The highest BCUT2D eigenvalue weighted by Gasteiger charge is 2.30. The zero-order valence-electron chi connectivity index (χ0n) is 18.8. The molecule has 1 N–H and O–H groups in total. The van der Waals surface area contributed by atoms with Gasteiger partial charge in [-0.1, -0.05) is 31.2 Å². The van der Waals surface area contributed by atoms with E-state index < -0.39 is 30.0 Å². The van der Waals surface area contributed by atoms with Gasteiger partial charge in [0.1, 0.15) is 17.0 Å². The average molecular weight is 457 g/mol. The van der Waals surface area contributed by atoms with E-state index in [0.29, 0.717) is 16.9 Å². The topological polar surface area (TPSA) is 82.4 Å². The van der Waals surface area contributed by atoms with Crippen LogP contribution in [0.4, 0.5) is 8.78 Å². The first-order valence-corrected chi connectivity index (χ1v) is 10.4. The van der Waals surface area contributed by atoms with Gasteiger partial charge in [0, 0.05) is 7.05 Å². The lowest BCUT2D eigenvalue weighted by Crippen LogP contribution is -2.27. The Bertz CT molecular complexity index is 1130. The number of ether oxygens (including phenoxy) is 2. The Labute approximate surface area is 190 Å². The van der Waals surface area contributed by atoms with Gasteiger partial charge in [-0.05, 0) is 48.7 Å². The number of carbonyl (C=O) groups excluding carboxylic acids is 2. The SMILES string of the molecule is CCc1ccc(Oc2c(C(=O)N[C@@H](C)c3ccc(C(=O)OC)cc3)c(C(F)F)nn2C)cc1. The number of rotatable bonds is 8. The molecule has 0 aliphatic heterocycles. The van der Waals surface area contributed by atoms with Gasteiger partial charge >= 0.3 is 5.97 Å². The molecule has 0 saturated heterocycles. The second kappa shape index (κ2) is 10.2. The van der Waals surface area contributed by atoms with E-state index in [2.05, 4.69) is 15.2 Å². The number of methoxy groups -OCH3 is 1. The summed E-state index contributed by atoms with van der Waals surface area (Å²) in [6, 6.07) is 13.0. The Morgan fingerprint density at radius 1 is 1.09 bits per heavy atom. The summed E-state index contributed by atoms with van der Waals surface area (Å²) in [7, 11) is 2.72. The van der Waals surface area contributed by atoms with Gasteiger partial charge in [-0.15, -0.1) is 0 Å². The Morgan fingerprint density at radius 3 is 2.27 bits per heavy atom. The summed E-state index contributed by atoms with van der Waals surface area (Å²) in [5, 5.41) is 6.52. The normalized spacial score (nSPS) is 11.8. The number of benzene rings is 2. The van der Waals surface area contributed by atoms with Gasteiger partial charge in [-0.25, -0.2) is 18.3 Å². The van der Waals surface area contributed by atoms with Crippen molar-refractivity contribution in [3.05, 3.63) is 76.5 Å². The minimum absolute atomic E-state index is 0.0831. The molecular weight excluding hydrogens is 432 g/mol. The summed E-state index contributed by atoms with van der Waals surface area (Å²) >= 11 is 0. The number of nitrogens with zero attached hydrogens (tertiary/aromatic N) is 2. The molecule has 9 heteroatoms. The molecule has 0 bridgehead atoms. The number of halogens is 2. The molecule has 0 unspecified atom stereocenters. The molecule has 33 heavy (non-hydrogen) atoms. The van der Waals surface area contributed by atoms with Crippen LogP contribution in [0.5, 0.6) is 11.6 Å². The van der Waals surface area contributed by atoms with Crippen molar-refractivity contribution in [3.63, 3.8) is 0 Å². The zero-order valence-corrected chi connectivity index (χ0v) is 18.8. The summed E-state index contributed by atoms with van der Waals surface area (Å²) in [5.74, 6) is -0.913. The Kier molecular flexibility index (Phi) is 7.42. The van der Waals surface area contributed by atoms with Crippen molar-refractivity contribution >= 4 is 11.9 Å². The van der Waals surface area contributed by atoms with Crippen LogP contribution in [0.25, 0.3) is 0 Å². The number of esters is 1. The van der Waals surface area contributed by atoms with Crippen molar-refractivity contribution in [3.8, 4) is 11.6 Å². The highest BCUT2D eigenvalue weighted by molar-refractivity contribution is 5.98. The Balaban J connectivity index is 1.86. The smallest absolute Gasteiger partial charge is 0.337 e. The van der Waals surface area contributed by atoms with Gasteiger partial charge < -0.3 is 14.8 Å². The molecule has 0 fully saturated rings. The van der Waals surface area contributed by atoms with E-state index in [0.717, 1.165) is 16.7 Å². The van der Waals surface area contributed by atoms with Crippen molar-refractivity contribution in [1.82, 2.24) is 15.1 Å². The largest absolute Gasteiger partial charge is 0.465 e. The first-order valence-electron chi connectivity index (χ1n) is 10.4. The fourth-order valence-electron chi connectivity index (χ4n) is 3.29. The number of nitrogens with one attached hydrogen (secondary N) is 1. The quantitative estimate of drug-likeness (QED) is 0.482. The van der Waals surface area contributed by atoms with E-state index in [1.165, 1.54) is 14.2 Å². The lowest BCUT2D eigenvalue weighted by atomic mass is 10.1. The molecule has 0 spiro atoms. The fourth-order valence-corrected chi connectivity index (χ4v) is 3.29. The summed E-state index contributed by atoms with van der Waals surface area (Å²) in [5.41, 5.74) is 1.13. The van der Waals surface area contributed by atoms with Crippen LogP contribution < -0.4 is 10.1 Å². The third kappa shape index (κ3) is 5.36. The molecule has 0 radical (unpaired) electrons. The highest BCUT2D eigenvalue weighted by Crippen LogP contribution is 2.33. The Hall–Kier alpha value is -3.75. The van der Waals surface area contributed by atoms with Gasteiger partial charge in [0.2, 0.25) is 5.88 Å². The van der Waals surface area contributed by atoms with Crippen molar-refractivity contribution in [2.45, 2.75) is 32.7 Å². The zero-order chi connectivity index (χ0) is 24.1. The van der Waals surface area contributed by atoms with Gasteiger partial charge in [0.15, 0.2) is 0 Å². The van der Waals surface area contributed by atoms with Crippen LogP contribution >= 0.6 is 0 Å². The van der Waals surface area contributed by atoms with Gasteiger partial charge in [0.05, 0.1) is 18.7 Å². The van der Waals surface area contributed by atoms with E-state index in [1.807, 2.05) is 19.1 Å². The first-order chi connectivity index (χ1) is 15.7. The number of alkyl halides is 2. The molecular formula is C24H25F2N3O4. The predicted octanol–water partition coefficient (Wildman–Crippen LogP) is 4.99. The molecule has 3 rings (SSSR count). The van der Waals surface area contributed by atoms with Crippen LogP contribution in [0.1, 0.15) is 63.9 Å². The lowest BCUT2D eigenvalue weighted by molar-refractivity contribution is 0.0600.